The predicted octanol–water partition coefficient (Wildman–Crippen LogP) is 4.77. The van der Waals surface area contributed by atoms with Gasteiger partial charge in [0.05, 0.1) is 25.0 Å². The van der Waals surface area contributed by atoms with E-state index in [9.17, 15) is 4.79 Å². The van der Waals surface area contributed by atoms with Crippen molar-refractivity contribution in [2.45, 2.75) is 39.1 Å². The second kappa shape index (κ2) is 7.44. The molecule has 2 aliphatic rings. The number of amides is 1. The molecule has 3 heterocycles. The van der Waals surface area contributed by atoms with E-state index >= 15 is 0 Å². The van der Waals surface area contributed by atoms with Gasteiger partial charge < -0.3 is 24.1 Å². The van der Waals surface area contributed by atoms with Gasteiger partial charge in [-0.2, -0.15) is 0 Å². The van der Waals surface area contributed by atoms with Crippen LogP contribution in [-0.2, 0) is 13.0 Å². The van der Waals surface area contributed by atoms with Crippen LogP contribution in [0.1, 0.15) is 47.3 Å². The van der Waals surface area contributed by atoms with Crippen molar-refractivity contribution >= 4 is 11.6 Å². The van der Waals surface area contributed by atoms with Crippen LogP contribution in [0.4, 0.5) is 5.69 Å². The Balaban J connectivity index is 1.62. The number of nitrogens with one attached hydrogen (secondary N) is 1. The Kier molecular flexibility index (Phi) is 4.62. The van der Waals surface area contributed by atoms with E-state index < -0.39 is 6.17 Å². The lowest BCUT2D eigenvalue weighted by Crippen LogP contribution is -2.42. The Labute approximate surface area is 175 Å². The third-order valence-corrected chi connectivity index (χ3v) is 5.55. The van der Waals surface area contributed by atoms with Gasteiger partial charge in [0.15, 0.2) is 0 Å². The van der Waals surface area contributed by atoms with Crippen LogP contribution in [0.2, 0.25) is 0 Å². The fourth-order valence-electron chi connectivity index (χ4n) is 4.22. The Morgan fingerprint density at radius 2 is 2.07 bits per heavy atom. The highest BCUT2D eigenvalue weighted by Gasteiger charge is 2.36. The number of hydrogen-bond acceptors (Lipinski definition) is 5. The number of fused-ring (bicyclic) bond motifs is 2. The van der Waals surface area contributed by atoms with E-state index in [4.69, 9.17) is 13.9 Å². The summed E-state index contributed by atoms with van der Waals surface area (Å²) in [5.74, 6) is 2.29. The zero-order valence-corrected chi connectivity index (χ0v) is 17.1. The lowest BCUT2D eigenvalue weighted by atomic mass is 10.00. The molecule has 0 aliphatic carbocycles. The maximum atomic E-state index is 13.5. The number of hydrogen-bond donors (Lipinski definition) is 1. The highest BCUT2D eigenvalue weighted by molar-refractivity contribution is 6.01. The van der Waals surface area contributed by atoms with Crippen molar-refractivity contribution in [3.8, 4) is 11.5 Å². The number of nitrogens with zero attached hydrogens (tertiary/aromatic N) is 1. The summed E-state index contributed by atoms with van der Waals surface area (Å²) in [6.07, 6.45) is 2.19. The maximum absolute atomic E-state index is 13.5. The van der Waals surface area contributed by atoms with E-state index in [1.54, 1.807) is 11.2 Å². The first-order valence-electron chi connectivity index (χ1n) is 10.3. The monoisotopic (exact) mass is 404 g/mol. The molecule has 6 heteroatoms. The minimum absolute atomic E-state index is 0.0528. The average Bonchev–Trinajstić information content (AvgIpc) is 3.38. The SMILES string of the molecule is CCOc1cc2c(cc1[C@@H]1Nc3ccccc3C(=O)N1Cc1ccco1)O[C@@H](C)C2. The van der Waals surface area contributed by atoms with E-state index in [0.29, 0.717) is 18.7 Å². The molecular weight excluding hydrogens is 380 g/mol. The van der Waals surface area contributed by atoms with Crippen LogP contribution < -0.4 is 14.8 Å². The number of benzene rings is 2. The topological polar surface area (TPSA) is 63.9 Å². The summed E-state index contributed by atoms with van der Waals surface area (Å²) < 4.78 is 17.5. The van der Waals surface area contributed by atoms with Crippen LogP contribution in [0.25, 0.3) is 0 Å². The zero-order chi connectivity index (χ0) is 20.7. The van der Waals surface area contributed by atoms with Crippen LogP contribution in [-0.4, -0.2) is 23.5 Å². The summed E-state index contributed by atoms with van der Waals surface area (Å²) in [4.78, 5) is 15.2. The van der Waals surface area contributed by atoms with Crippen LogP contribution >= 0.6 is 0 Å². The molecule has 0 spiro atoms. The lowest BCUT2D eigenvalue weighted by Gasteiger charge is -2.38. The first kappa shape index (κ1) is 18.6. The summed E-state index contributed by atoms with van der Waals surface area (Å²) in [6.45, 7) is 4.91. The molecule has 30 heavy (non-hydrogen) atoms. The third-order valence-electron chi connectivity index (χ3n) is 5.55. The molecule has 0 bridgehead atoms. The molecule has 2 aliphatic heterocycles. The van der Waals surface area contributed by atoms with E-state index in [-0.39, 0.29) is 12.0 Å². The number of furan rings is 1. The summed E-state index contributed by atoms with van der Waals surface area (Å²) in [5, 5.41) is 3.54. The van der Waals surface area contributed by atoms with Gasteiger partial charge in [0, 0.05) is 23.2 Å². The Morgan fingerprint density at radius 3 is 2.87 bits per heavy atom. The van der Waals surface area contributed by atoms with Crippen LogP contribution in [0.5, 0.6) is 11.5 Å². The van der Waals surface area contributed by atoms with Gasteiger partial charge in [-0.15, -0.1) is 0 Å². The molecule has 0 saturated heterocycles. The second-order valence-electron chi connectivity index (χ2n) is 7.67. The van der Waals surface area contributed by atoms with Crippen molar-refractivity contribution in [3.63, 3.8) is 0 Å². The van der Waals surface area contributed by atoms with Crippen molar-refractivity contribution in [1.29, 1.82) is 0 Å². The van der Waals surface area contributed by atoms with E-state index in [1.165, 1.54) is 0 Å². The van der Waals surface area contributed by atoms with Crippen molar-refractivity contribution in [1.82, 2.24) is 4.90 Å². The van der Waals surface area contributed by atoms with Crippen molar-refractivity contribution in [2.24, 2.45) is 0 Å². The van der Waals surface area contributed by atoms with Gasteiger partial charge in [0.2, 0.25) is 0 Å². The molecule has 0 saturated carbocycles. The predicted molar refractivity (Wildman–Crippen MR) is 113 cm³/mol. The van der Waals surface area contributed by atoms with Crippen LogP contribution in [0.15, 0.2) is 59.2 Å². The quantitative estimate of drug-likeness (QED) is 0.664. The minimum atomic E-state index is -0.413. The zero-order valence-electron chi connectivity index (χ0n) is 17.1. The van der Waals surface area contributed by atoms with Gasteiger partial charge in [-0.3, -0.25) is 4.79 Å². The number of carbonyl (C=O) groups is 1. The average molecular weight is 404 g/mol. The molecule has 154 valence electrons. The van der Waals surface area contributed by atoms with Gasteiger partial charge in [-0.05, 0) is 50.2 Å². The molecule has 0 unspecified atom stereocenters. The molecule has 6 nitrogen and oxygen atoms in total. The van der Waals surface area contributed by atoms with Crippen LogP contribution in [0, 0.1) is 0 Å². The molecule has 0 radical (unpaired) electrons. The molecule has 1 amide bonds. The minimum Gasteiger partial charge on any atom is -0.493 e. The molecule has 1 aromatic heterocycles. The van der Waals surface area contributed by atoms with Crippen molar-refractivity contribution in [2.75, 3.05) is 11.9 Å². The molecule has 2 aromatic carbocycles. The number of para-hydroxylation sites is 1. The summed E-state index contributed by atoms with van der Waals surface area (Å²) in [5.41, 5.74) is 3.46. The Hall–Kier alpha value is -3.41. The van der Waals surface area contributed by atoms with Gasteiger partial charge in [-0.1, -0.05) is 12.1 Å². The van der Waals surface area contributed by atoms with Crippen LogP contribution in [0.3, 0.4) is 0 Å². The number of anilines is 1. The fraction of sp³-hybridized carbons (Fsp3) is 0.292. The molecule has 0 fully saturated rings. The molecule has 2 atom stereocenters. The van der Waals surface area contributed by atoms with E-state index in [2.05, 4.69) is 18.3 Å². The smallest absolute Gasteiger partial charge is 0.258 e. The van der Waals surface area contributed by atoms with Gasteiger partial charge in [-0.25, -0.2) is 0 Å². The Bertz CT molecular complexity index is 1080. The maximum Gasteiger partial charge on any atom is 0.258 e. The van der Waals surface area contributed by atoms with Gasteiger partial charge in [0.1, 0.15) is 29.5 Å². The first-order valence-corrected chi connectivity index (χ1v) is 10.3. The van der Waals surface area contributed by atoms with Gasteiger partial charge >= 0.3 is 0 Å². The fourth-order valence-corrected chi connectivity index (χ4v) is 4.22. The largest absolute Gasteiger partial charge is 0.493 e. The third kappa shape index (κ3) is 3.18. The highest BCUT2D eigenvalue weighted by Crippen LogP contribution is 2.42. The second-order valence-corrected chi connectivity index (χ2v) is 7.67. The summed E-state index contributed by atoms with van der Waals surface area (Å²) in [7, 11) is 0. The lowest BCUT2D eigenvalue weighted by molar-refractivity contribution is 0.0648. The van der Waals surface area contributed by atoms with Crippen molar-refractivity contribution < 1.29 is 18.7 Å². The summed E-state index contributed by atoms with van der Waals surface area (Å²) in [6, 6.07) is 15.3. The molecule has 1 N–H and O–H groups in total. The molecule has 5 rings (SSSR count). The summed E-state index contributed by atoms with van der Waals surface area (Å²) >= 11 is 0. The number of ether oxygens (including phenoxy) is 2. The number of carbonyl (C=O) groups excluding carboxylic acids is 1. The normalized spacial score (nSPS) is 19.7. The van der Waals surface area contributed by atoms with E-state index in [0.717, 1.165) is 40.5 Å². The molecule has 3 aromatic rings. The van der Waals surface area contributed by atoms with Crippen molar-refractivity contribution in [3.05, 3.63) is 77.2 Å². The molecular formula is C24H24N2O4. The first-order chi connectivity index (χ1) is 14.6. The number of rotatable bonds is 5. The van der Waals surface area contributed by atoms with Gasteiger partial charge in [0.25, 0.3) is 5.91 Å². The standard InChI is InChI=1S/C24H24N2O4/c1-3-28-22-12-16-11-15(2)30-21(16)13-19(22)23-25-20-9-5-4-8-18(20)24(27)26(23)14-17-7-6-10-29-17/h4-10,12-13,15,23,25H,3,11,14H2,1-2H3/t15-,23+/m0/s1. The van der Waals surface area contributed by atoms with E-state index in [1.807, 2.05) is 49.4 Å². The highest BCUT2D eigenvalue weighted by atomic mass is 16.5. The Morgan fingerprint density at radius 1 is 1.20 bits per heavy atom.